The first-order chi connectivity index (χ1) is 17.4. The molecule has 8 heteroatoms. The normalized spacial score (nSPS) is 10.2. The van der Waals surface area contributed by atoms with Crippen molar-refractivity contribution in [1.82, 2.24) is 0 Å². The molecular formula is C28H38B2N4O2. The zero-order valence-corrected chi connectivity index (χ0v) is 22.8. The zero-order valence-electron chi connectivity index (χ0n) is 22.8. The summed E-state index contributed by atoms with van der Waals surface area (Å²) in [5.41, 5.74) is 5.23. The van der Waals surface area contributed by atoms with Gasteiger partial charge in [-0.05, 0) is 24.3 Å². The van der Waals surface area contributed by atoms with E-state index >= 15 is 0 Å². The molecule has 0 atom stereocenters. The number of methoxy groups -OCH3 is 2. The van der Waals surface area contributed by atoms with Gasteiger partial charge in [0.05, 0.1) is 14.2 Å². The van der Waals surface area contributed by atoms with Crippen molar-refractivity contribution in [1.29, 1.82) is 0 Å². The second kappa shape index (κ2) is 13.2. The van der Waals surface area contributed by atoms with Crippen molar-refractivity contribution in [3.05, 3.63) is 97.6 Å². The molecule has 0 unspecified atom stereocenters. The average molecular weight is 484 g/mol. The summed E-state index contributed by atoms with van der Waals surface area (Å²) in [7, 11) is 11.0. The second-order valence-electron chi connectivity index (χ2n) is 9.71. The van der Waals surface area contributed by atoms with E-state index in [0.717, 1.165) is 11.5 Å². The lowest BCUT2D eigenvalue weighted by molar-refractivity contribution is -0.527. The molecule has 2 aromatic carbocycles. The molecule has 0 saturated carbocycles. The second-order valence-corrected chi connectivity index (χ2v) is 9.71. The Kier molecular flexibility index (Phi) is 9.81. The standard InChI is InChI=1S/2C14H19BN2O/c2*1-16(2)13-8-10-17(11-9-13)15-12-4-6-14(18-3)7-5-12/h2*4-11H,15H2,1-3H3. The molecule has 4 aromatic rings. The molecular weight excluding hydrogens is 446 g/mol. The van der Waals surface area contributed by atoms with E-state index in [9.17, 15) is 0 Å². The van der Waals surface area contributed by atoms with Crippen LogP contribution in [0.5, 0.6) is 11.5 Å². The summed E-state index contributed by atoms with van der Waals surface area (Å²) < 4.78 is 14.9. The van der Waals surface area contributed by atoms with Gasteiger partial charge in [0.15, 0.2) is 0 Å². The summed E-state index contributed by atoms with van der Waals surface area (Å²) in [6, 6.07) is 25.2. The third-order valence-electron chi connectivity index (χ3n) is 6.50. The first kappa shape index (κ1) is 26.7. The predicted octanol–water partition coefficient (Wildman–Crippen LogP) is 0.612. The van der Waals surface area contributed by atoms with E-state index in [1.165, 1.54) is 22.3 Å². The lowest BCUT2D eigenvalue weighted by atomic mass is 9.82. The molecule has 4 rings (SSSR count). The molecule has 0 bridgehead atoms. The van der Waals surface area contributed by atoms with Gasteiger partial charge in [-0.15, -0.1) is 10.9 Å². The molecule has 36 heavy (non-hydrogen) atoms. The van der Waals surface area contributed by atoms with E-state index in [1.807, 2.05) is 24.3 Å². The summed E-state index contributed by atoms with van der Waals surface area (Å²) in [6.07, 6.45) is 8.61. The van der Waals surface area contributed by atoms with Crippen LogP contribution in [-0.4, -0.2) is 57.2 Å². The van der Waals surface area contributed by atoms with E-state index in [0.29, 0.717) is 0 Å². The molecule has 0 spiro atoms. The van der Waals surface area contributed by atoms with Crippen molar-refractivity contribution in [2.45, 2.75) is 0 Å². The van der Waals surface area contributed by atoms with Crippen LogP contribution in [-0.2, 0) is 0 Å². The Morgan fingerprint density at radius 3 is 1.06 bits per heavy atom. The van der Waals surface area contributed by atoms with Crippen LogP contribution in [0.15, 0.2) is 97.6 Å². The Bertz CT molecular complexity index is 1090. The number of pyridine rings is 2. The first-order valence-corrected chi connectivity index (χ1v) is 12.5. The number of aromatic nitrogens is 2. The van der Waals surface area contributed by atoms with Crippen LogP contribution in [0.4, 0.5) is 11.4 Å². The summed E-state index contributed by atoms with van der Waals surface area (Å²) >= 11 is 0. The minimum atomic E-state index is -0.323. The lowest BCUT2D eigenvalue weighted by Crippen LogP contribution is -2.46. The van der Waals surface area contributed by atoms with Gasteiger partial charge < -0.3 is 28.2 Å². The number of ether oxygens (including phenoxy) is 2. The Labute approximate surface area is 216 Å². The minimum absolute atomic E-state index is 0.323. The molecule has 188 valence electrons. The van der Waals surface area contributed by atoms with Crippen molar-refractivity contribution >= 4 is 37.1 Å². The summed E-state index contributed by atoms with van der Waals surface area (Å²) in [4.78, 5) is 4.22. The maximum atomic E-state index is 5.16. The van der Waals surface area contributed by atoms with E-state index in [4.69, 9.17) is 9.47 Å². The molecule has 0 aliphatic carbocycles. The number of anilines is 2. The molecule has 0 N–H and O–H groups in total. The molecule has 0 aliphatic rings. The van der Waals surface area contributed by atoms with Crippen molar-refractivity contribution in [2.75, 3.05) is 52.2 Å². The third kappa shape index (κ3) is 8.08. The molecule has 0 fully saturated rings. The number of hydrogen-bond acceptors (Lipinski definition) is 4. The Morgan fingerprint density at radius 1 is 0.500 bits per heavy atom. The topological polar surface area (TPSA) is 32.7 Å². The van der Waals surface area contributed by atoms with Gasteiger partial charge in [-0.2, -0.15) is 0 Å². The summed E-state index contributed by atoms with van der Waals surface area (Å²) in [6.45, 7) is 0. The van der Waals surface area contributed by atoms with Gasteiger partial charge in [-0.25, -0.2) is 0 Å². The molecule has 2 heterocycles. The van der Waals surface area contributed by atoms with Crippen LogP contribution < -0.4 is 39.2 Å². The molecule has 6 nitrogen and oxygen atoms in total. The number of hydrogen-bond donors (Lipinski definition) is 0. The number of rotatable bonds is 8. The summed E-state index contributed by atoms with van der Waals surface area (Å²) in [5, 5.41) is 0. The fourth-order valence-electron chi connectivity index (χ4n) is 4.12. The SMILES string of the molecule is COc1ccc([BH2-][n+]2ccc(N(C)C)cc2)cc1.COc1ccc([BH2-][n+]2ccc(N(C)C)cc2)cc1. The number of benzene rings is 2. The largest absolute Gasteiger partial charge is 0.497 e. The lowest BCUT2D eigenvalue weighted by Gasteiger charge is -2.12. The van der Waals surface area contributed by atoms with E-state index in [1.54, 1.807) is 14.2 Å². The smallest absolute Gasteiger partial charge is 0.279 e. The third-order valence-corrected chi connectivity index (χ3v) is 6.50. The average Bonchev–Trinajstić information content (AvgIpc) is 2.90. The van der Waals surface area contributed by atoms with E-state index in [2.05, 4.69) is 120 Å². The molecule has 0 saturated heterocycles. The van der Waals surface area contributed by atoms with Gasteiger partial charge in [0, 0.05) is 63.8 Å². The molecule has 0 radical (unpaired) electrons. The van der Waals surface area contributed by atoms with Crippen LogP contribution in [0.1, 0.15) is 0 Å². The quantitative estimate of drug-likeness (QED) is 0.344. The van der Waals surface area contributed by atoms with Gasteiger partial charge in [-0.3, -0.25) is 0 Å². The maximum absolute atomic E-state index is 5.16. The fraction of sp³-hybridized carbons (Fsp3) is 0.214. The summed E-state index contributed by atoms with van der Waals surface area (Å²) in [5.74, 6) is 1.83. The van der Waals surface area contributed by atoms with Crippen molar-refractivity contribution in [3.8, 4) is 11.5 Å². The van der Waals surface area contributed by atoms with Crippen molar-refractivity contribution in [2.24, 2.45) is 0 Å². The first-order valence-electron chi connectivity index (χ1n) is 12.5. The Morgan fingerprint density at radius 2 is 0.806 bits per heavy atom. The van der Waals surface area contributed by atoms with E-state index < -0.39 is 0 Å². The van der Waals surface area contributed by atoms with Gasteiger partial charge >= 0.3 is 0 Å². The highest BCUT2D eigenvalue weighted by molar-refractivity contribution is 6.45. The van der Waals surface area contributed by atoms with Crippen LogP contribution in [0, 0.1) is 0 Å². The highest BCUT2D eigenvalue weighted by atomic mass is 16.5. The molecule has 0 amide bonds. The molecule has 0 aliphatic heterocycles. The number of nitrogens with zero attached hydrogens (tertiary/aromatic N) is 4. The van der Waals surface area contributed by atoms with Gasteiger partial charge in [-0.1, -0.05) is 24.3 Å². The maximum Gasteiger partial charge on any atom is 0.279 e. The highest BCUT2D eigenvalue weighted by Gasteiger charge is 2.01. The Hall–Kier alpha value is -3.93. The van der Waals surface area contributed by atoms with Gasteiger partial charge in [0.1, 0.15) is 36.3 Å². The minimum Gasteiger partial charge on any atom is -0.497 e. The monoisotopic (exact) mass is 484 g/mol. The van der Waals surface area contributed by atoms with Gasteiger partial charge in [0.25, 0.3) is 14.8 Å². The molecule has 2 aromatic heterocycles. The predicted molar refractivity (Wildman–Crippen MR) is 155 cm³/mol. The van der Waals surface area contributed by atoms with Crippen molar-refractivity contribution < 1.29 is 18.4 Å². The highest BCUT2D eigenvalue weighted by Crippen LogP contribution is 2.08. The van der Waals surface area contributed by atoms with Gasteiger partial charge in [0.2, 0.25) is 0 Å². The van der Waals surface area contributed by atoms with Crippen LogP contribution in [0.2, 0.25) is 0 Å². The van der Waals surface area contributed by atoms with E-state index in [-0.39, 0.29) is 14.8 Å². The zero-order chi connectivity index (χ0) is 25.9. The van der Waals surface area contributed by atoms with Crippen LogP contribution >= 0.6 is 0 Å². The van der Waals surface area contributed by atoms with Crippen LogP contribution in [0.25, 0.3) is 0 Å². The fourth-order valence-corrected chi connectivity index (χ4v) is 4.12. The Balaban J connectivity index is 0.000000201. The van der Waals surface area contributed by atoms with Crippen molar-refractivity contribution in [3.63, 3.8) is 0 Å². The van der Waals surface area contributed by atoms with Crippen LogP contribution in [0.3, 0.4) is 0 Å².